The van der Waals surface area contributed by atoms with Crippen LogP contribution >= 0.6 is 0 Å². The van der Waals surface area contributed by atoms with Crippen LogP contribution in [0, 0.1) is 0 Å². The topological polar surface area (TPSA) is 95.9 Å². The molecule has 1 unspecified atom stereocenters. The van der Waals surface area contributed by atoms with E-state index in [4.69, 9.17) is 4.74 Å². The summed E-state index contributed by atoms with van der Waals surface area (Å²) in [7, 11) is -3.53. The molecule has 0 aromatic heterocycles. The largest absolute Gasteiger partial charge is 0.493 e. The maximum atomic E-state index is 12.7. The molecule has 0 saturated carbocycles. The number of ether oxygens (including phenoxy) is 1. The first kappa shape index (κ1) is 20.8. The molecule has 7 nitrogen and oxygen atoms in total. The average Bonchev–Trinajstić information content (AvgIpc) is 2.78. The van der Waals surface area contributed by atoms with Crippen LogP contribution in [0.3, 0.4) is 0 Å². The quantitative estimate of drug-likeness (QED) is 0.759. The summed E-state index contributed by atoms with van der Waals surface area (Å²) in [6, 6.07) is 13.2. The summed E-state index contributed by atoms with van der Waals surface area (Å²) >= 11 is 0. The van der Waals surface area contributed by atoms with Crippen molar-refractivity contribution >= 4 is 15.9 Å². The summed E-state index contributed by atoms with van der Waals surface area (Å²) in [5.41, 5.74) is -0.210. The van der Waals surface area contributed by atoms with Gasteiger partial charge in [0.25, 0.3) is 5.91 Å². The lowest BCUT2D eigenvalue weighted by Gasteiger charge is -2.34. The summed E-state index contributed by atoms with van der Waals surface area (Å²) in [4.78, 5) is 12.8. The van der Waals surface area contributed by atoms with Crippen molar-refractivity contribution in [2.45, 2.75) is 36.2 Å². The molecule has 2 aromatic carbocycles. The van der Waals surface area contributed by atoms with E-state index in [2.05, 4.69) is 5.32 Å². The van der Waals surface area contributed by atoms with E-state index in [9.17, 15) is 18.3 Å². The van der Waals surface area contributed by atoms with E-state index in [0.717, 1.165) is 19.3 Å². The Morgan fingerprint density at radius 2 is 1.77 bits per heavy atom. The third kappa shape index (κ3) is 4.08. The fraction of sp³-hybridized carbons (Fsp3) is 0.409. The van der Waals surface area contributed by atoms with Crippen LogP contribution in [0.2, 0.25) is 0 Å². The second-order valence-electron chi connectivity index (χ2n) is 7.80. The molecular formula is C22H26N2O5S. The third-order valence-electron chi connectivity index (χ3n) is 5.77. The molecular weight excluding hydrogens is 404 g/mol. The average molecular weight is 431 g/mol. The Hall–Kier alpha value is -2.42. The van der Waals surface area contributed by atoms with Gasteiger partial charge in [0.05, 0.1) is 18.0 Å². The van der Waals surface area contributed by atoms with Gasteiger partial charge in [-0.2, -0.15) is 4.31 Å². The second kappa shape index (κ2) is 8.37. The fourth-order valence-corrected chi connectivity index (χ4v) is 5.50. The van der Waals surface area contributed by atoms with Gasteiger partial charge in [0, 0.05) is 30.6 Å². The number of para-hydroxylation sites is 1. The number of piperidine rings is 1. The van der Waals surface area contributed by atoms with Gasteiger partial charge in [-0.05, 0) is 43.2 Å². The summed E-state index contributed by atoms with van der Waals surface area (Å²) in [6.45, 7) is 1.48. The lowest BCUT2D eigenvalue weighted by molar-refractivity contribution is -0.00160. The molecule has 0 bridgehead atoms. The molecule has 1 saturated heterocycles. The number of nitrogens with zero attached hydrogens (tertiary/aromatic N) is 1. The first-order valence-corrected chi connectivity index (χ1v) is 11.7. The van der Waals surface area contributed by atoms with Crippen LogP contribution in [0.15, 0.2) is 53.4 Å². The lowest BCUT2D eigenvalue weighted by atomic mass is 9.88. The van der Waals surface area contributed by atoms with E-state index >= 15 is 0 Å². The number of rotatable bonds is 5. The highest BCUT2D eigenvalue weighted by molar-refractivity contribution is 7.89. The zero-order valence-corrected chi connectivity index (χ0v) is 17.5. The molecule has 2 aliphatic rings. The molecule has 8 heteroatoms. The SMILES string of the molecule is O=C(NCC1(O)CCOc2ccccc21)c1ccc(S(=O)(=O)N2CCCCC2)cc1. The molecule has 0 spiro atoms. The minimum atomic E-state index is -3.53. The second-order valence-corrected chi connectivity index (χ2v) is 9.74. The molecule has 0 aliphatic carbocycles. The van der Waals surface area contributed by atoms with E-state index in [1.165, 1.54) is 28.6 Å². The molecule has 2 N–H and O–H groups in total. The highest BCUT2D eigenvalue weighted by Crippen LogP contribution is 2.36. The Morgan fingerprint density at radius 1 is 1.07 bits per heavy atom. The molecule has 1 atom stereocenters. The van der Waals surface area contributed by atoms with E-state index in [1.807, 2.05) is 12.1 Å². The van der Waals surface area contributed by atoms with Gasteiger partial charge in [-0.3, -0.25) is 4.79 Å². The van der Waals surface area contributed by atoms with Crippen LogP contribution in [-0.2, 0) is 15.6 Å². The molecule has 2 aliphatic heterocycles. The van der Waals surface area contributed by atoms with Crippen molar-refractivity contribution < 1.29 is 23.1 Å². The fourth-order valence-electron chi connectivity index (χ4n) is 3.99. The van der Waals surface area contributed by atoms with Crippen molar-refractivity contribution in [3.8, 4) is 5.75 Å². The van der Waals surface area contributed by atoms with Crippen molar-refractivity contribution in [3.63, 3.8) is 0 Å². The molecule has 2 heterocycles. The smallest absolute Gasteiger partial charge is 0.251 e. The Kier molecular flexibility index (Phi) is 5.81. The van der Waals surface area contributed by atoms with Gasteiger partial charge in [-0.25, -0.2) is 8.42 Å². The van der Waals surface area contributed by atoms with Crippen LogP contribution in [0.5, 0.6) is 5.75 Å². The maximum Gasteiger partial charge on any atom is 0.251 e. The molecule has 1 fully saturated rings. The number of hydrogen-bond acceptors (Lipinski definition) is 5. The van der Waals surface area contributed by atoms with Gasteiger partial charge in [0.1, 0.15) is 11.4 Å². The molecule has 160 valence electrons. The van der Waals surface area contributed by atoms with Crippen molar-refractivity contribution in [2.75, 3.05) is 26.2 Å². The number of aliphatic hydroxyl groups is 1. The van der Waals surface area contributed by atoms with E-state index < -0.39 is 15.6 Å². The minimum Gasteiger partial charge on any atom is -0.493 e. The van der Waals surface area contributed by atoms with Gasteiger partial charge in [0.15, 0.2) is 0 Å². The van der Waals surface area contributed by atoms with Gasteiger partial charge >= 0.3 is 0 Å². The number of amides is 1. The number of hydrogen-bond donors (Lipinski definition) is 2. The third-order valence-corrected chi connectivity index (χ3v) is 7.69. The zero-order chi connectivity index (χ0) is 21.2. The van der Waals surface area contributed by atoms with Crippen LogP contribution in [0.1, 0.15) is 41.6 Å². The number of carbonyl (C=O) groups excluding carboxylic acids is 1. The summed E-state index contributed by atoms with van der Waals surface area (Å²) in [5, 5.41) is 13.8. The number of benzene rings is 2. The van der Waals surface area contributed by atoms with E-state index in [-0.39, 0.29) is 17.3 Å². The van der Waals surface area contributed by atoms with Gasteiger partial charge in [-0.15, -0.1) is 0 Å². The molecule has 0 radical (unpaired) electrons. The van der Waals surface area contributed by atoms with Crippen molar-refractivity contribution in [1.29, 1.82) is 0 Å². The lowest BCUT2D eigenvalue weighted by Crippen LogP contribution is -2.43. The van der Waals surface area contributed by atoms with Crippen molar-refractivity contribution in [2.24, 2.45) is 0 Å². The molecule has 2 aromatic rings. The number of nitrogens with one attached hydrogen (secondary N) is 1. The Bertz CT molecular complexity index is 1020. The van der Waals surface area contributed by atoms with Crippen LogP contribution in [0.4, 0.5) is 0 Å². The predicted octanol–water partition coefficient (Wildman–Crippen LogP) is 2.26. The van der Waals surface area contributed by atoms with Crippen LogP contribution in [-0.4, -0.2) is 50.0 Å². The number of carbonyl (C=O) groups is 1. The van der Waals surface area contributed by atoms with Gasteiger partial charge in [0.2, 0.25) is 10.0 Å². The summed E-state index contributed by atoms with van der Waals surface area (Å²) in [6.07, 6.45) is 3.17. The standard InChI is InChI=1S/C22H26N2O5S/c25-21(23-16-22(26)12-15-29-20-7-3-2-6-19(20)22)17-8-10-18(11-9-17)30(27,28)24-13-4-1-5-14-24/h2-3,6-11,26H,1,4-5,12-16H2,(H,23,25). The highest BCUT2D eigenvalue weighted by atomic mass is 32.2. The van der Waals surface area contributed by atoms with Gasteiger partial charge < -0.3 is 15.2 Å². The summed E-state index contributed by atoms with van der Waals surface area (Å²) < 4.78 is 32.6. The maximum absolute atomic E-state index is 12.7. The normalized spacial score (nSPS) is 22.0. The highest BCUT2D eigenvalue weighted by Gasteiger charge is 2.36. The van der Waals surface area contributed by atoms with Gasteiger partial charge in [-0.1, -0.05) is 24.6 Å². The Labute approximate surface area is 176 Å². The minimum absolute atomic E-state index is 0.0417. The first-order chi connectivity index (χ1) is 14.4. The van der Waals surface area contributed by atoms with Crippen molar-refractivity contribution in [1.82, 2.24) is 9.62 Å². The Balaban J connectivity index is 1.44. The monoisotopic (exact) mass is 430 g/mol. The zero-order valence-electron chi connectivity index (χ0n) is 16.7. The molecule has 4 rings (SSSR count). The van der Waals surface area contributed by atoms with E-state index in [1.54, 1.807) is 12.1 Å². The number of fused-ring (bicyclic) bond motifs is 1. The molecule has 30 heavy (non-hydrogen) atoms. The molecule has 1 amide bonds. The summed E-state index contributed by atoms with van der Waals surface area (Å²) in [5.74, 6) is 0.252. The van der Waals surface area contributed by atoms with Crippen LogP contribution < -0.4 is 10.1 Å². The number of sulfonamides is 1. The predicted molar refractivity (Wildman–Crippen MR) is 112 cm³/mol. The first-order valence-electron chi connectivity index (χ1n) is 10.2. The van der Waals surface area contributed by atoms with E-state index in [0.29, 0.717) is 43.0 Å². The van der Waals surface area contributed by atoms with Crippen LogP contribution in [0.25, 0.3) is 0 Å². The van der Waals surface area contributed by atoms with Crippen molar-refractivity contribution in [3.05, 3.63) is 59.7 Å². The Morgan fingerprint density at radius 3 is 2.50 bits per heavy atom.